The Labute approximate surface area is 112 Å². The number of nitrogens with two attached hydrogens (primary N) is 1. The summed E-state index contributed by atoms with van der Waals surface area (Å²) in [5.41, 5.74) is 5.93. The lowest BCUT2D eigenvalue weighted by Gasteiger charge is -2.31. The van der Waals surface area contributed by atoms with Gasteiger partial charge in [0.1, 0.15) is 0 Å². The minimum absolute atomic E-state index is 0.139. The van der Waals surface area contributed by atoms with Crippen LogP contribution < -0.4 is 5.73 Å². The van der Waals surface area contributed by atoms with E-state index < -0.39 is 0 Å². The summed E-state index contributed by atoms with van der Waals surface area (Å²) in [6.07, 6.45) is 6.10. The van der Waals surface area contributed by atoms with Gasteiger partial charge >= 0.3 is 0 Å². The molecular weight excluding hydrogens is 224 g/mol. The van der Waals surface area contributed by atoms with Crippen molar-refractivity contribution in [2.24, 2.45) is 17.1 Å². The van der Waals surface area contributed by atoms with Crippen molar-refractivity contribution in [2.75, 3.05) is 13.1 Å². The standard InChI is InChI=1S/C15H30N2O/c1-5-7-12-8-6-10-17(11-9-12)14(18)13(16)15(2,3)4/h12-13H,5-11,16H2,1-4H3. The highest BCUT2D eigenvalue weighted by atomic mass is 16.2. The fraction of sp³-hybridized carbons (Fsp3) is 0.933. The van der Waals surface area contributed by atoms with Gasteiger partial charge in [0.05, 0.1) is 6.04 Å². The summed E-state index contributed by atoms with van der Waals surface area (Å²) < 4.78 is 0. The van der Waals surface area contributed by atoms with Crippen molar-refractivity contribution in [3.05, 3.63) is 0 Å². The van der Waals surface area contributed by atoms with E-state index >= 15 is 0 Å². The highest BCUT2D eigenvalue weighted by molar-refractivity contribution is 5.82. The second-order valence-corrected chi connectivity index (χ2v) is 6.75. The molecule has 0 aromatic rings. The maximum atomic E-state index is 12.4. The molecule has 106 valence electrons. The van der Waals surface area contributed by atoms with Crippen LogP contribution in [0.2, 0.25) is 0 Å². The first-order valence-electron chi connectivity index (χ1n) is 7.40. The highest BCUT2D eigenvalue weighted by Gasteiger charge is 2.31. The van der Waals surface area contributed by atoms with Crippen molar-refractivity contribution < 1.29 is 4.79 Å². The van der Waals surface area contributed by atoms with E-state index in [1.807, 2.05) is 25.7 Å². The average molecular weight is 254 g/mol. The van der Waals surface area contributed by atoms with Gasteiger partial charge in [-0.3, -0.25) is 4.79 Å². The van der Waals surface area contributed by atoms with Crippen molar-refractivity contribution >= 4 is 5.91 Å². The Kier molecular flexibility index (Phi) is 5.64. The van der Waals surface area contributed by atoms with Crippen molar-refractivity contribution in [3.63, 3.8) is 0 Å². The van der Waals surface area contributed by atoms with E-state index in [1.54, 1.807) is 0 Å². The normalized spacial score (nSPS) is 23.6. The highest BCUT2D eigenvalue weighted by Crippen LogP contribution is 2.24. The topological polar surface area (TPSA) is 46.3 Å². The van der Waals surface area contributed by atoms with Crippen LogP contribution in [-0.2, 0) is 4.79 Å². The SMILES string of the molecule is CCCC1CCCN(C(=O)C(N)C(C)(C)C)CC1. The van der Waals surface area contributed by atoms with E-state index in [0.29, 0.717) is 0 Å². The molecule has 1 heterocycles. The number of carbonyl (C=O) groups is 1. The second-order valence-electron chi connectivity index (χ2n) is 6.75. The number of carbonyl (C=O) groups excluding carboxylic acids is 1. The third-order valence-corrected chi connectivity index (χ3v) is 4.06. The molecule has 2 N–H and O–H groups in total. The van der Waals surface area contributed by atoms with Crippen molar-refractivity contribution in [2.45, 2.75) is 65.8 Å². The molecule has 0 spiro atoms. The lowest BCUT2D eigenvalue weighted by Crippen LogP contribution is -2.50. The lowest BCUT2D eigenvalue weighted by molar-refractivity contribution is -0.134. The molecule has 0 radical (unpaired) electrons. The fourth-order valence-corrected chi connectivity index (χ4v) is 2.65. The largest absolute Gasteiger partial charge is 0.341 e. The predicted molar refractivity (Wildman–Crippen MR) is 76.3 cm³/mol. The van der Waals surface area contributed by atoms with Crippen LogP contribution in [0.3, 0.4) is 0 Å². The predicted octanol–water partition coefficient (Wildman–Crippen LogP) is 2.79. The second kappa shape index (κ2) is 6.55. The molecule has 2 unspecified atom stereocenters. The maximum absolute atomic E-state index is 12.4. The van der Waals surface area contributed by atoms with Crippen LogP contribution in [0.4, 0.5) is 0 Å². The fourth-order valence-electron chi connectivity index (χ4n) is 2.65. The molecule has 0 saturated carbocycles. The molecular formula is C15H30N2O. The monoisotopic (exact) mass is 254 g/mol. The third-order valence-electron chi connectivity index (χ3n) is 4.06. The Balaban J connectivity index is 2.55. The van der Waals surface area contributed by atoms with E-state index in [0.717, 1.165) is 31.8 Å². The van der Waals surface area contributed by atoms with Crippen LogP contribution in [-0.4, -0.2) is 29.9 Å². The first kappa shape index (κ1) is 15.5. The van der Waals surface area contributed by atoms with E-state index in [4.69, 9.17) is 5.73 Å². The zero-order valence-electron chi connectivity index (χ0n) is 12.5. The van der Waals surface area contributed by atoms with Gasteiger partial charge in [0.2, 0.25) is 5.91 Å². The Morgan fingerprint density at radius 2 is 2.00 bits per heavy atom. The van der Waals surface area contributed by atoms with Crippen LogP contribution in [0.25, 0.3) is 0 Å². The zero-order chi connectivity index (χ0) is 13.8. The number of hydrogen-bond donors (Lipinski definition) is 1. The van der Waals surface area contributed by atoms with E-state index in [2.05, 4.69) is 6.92 Å². The summed E-state index contributed by atoms with van der Waals surface area (Å²) in [6, 6.07) is -0.375. The van der Waals surface area contributed by atoms with Crippen LogP contribution in [0.5, 0.6) is 0 Å². The van der Waals surface area contributed by atoms with E-state index in [9.17, 15) is 4.79 Å². The lowest BCUT2D eigenvalue weighted by atomic mass is 9.86. The van der Waals surface area contributed by atoms with E-state index in [1.165, 1.54) is 19.3 Å². The Morgan fingerprint density at radius 1 is 1.33 bits per heavy atom. The molecule has 0 aromatic carbocycles. The first-order chi connectivity index (χ1) is 8.36. The van der Waals surface area contributed by atoms with Gasteiger partial charge in [-0.15, -0.1) is 0 Å². The minimum Gasteiger partial charge on any atom is -0.341 e. The molecule has 3 nitrogen and oxygen atoms in total. The molecule has 3 heteroatoms. The Hall–Kier alpha value is -0.570. The quantitative estimate of drug-likeness (QED) is 0.842. The Morgan fingerprint density at radius 3 is 2.56 bits per heavy atom. The molecule has 1 rings (SSSR count). The maximum Gasteiger partial charge on any atom is 0.240 e. The van der Waals surface area contributed by atoms with Gasteiger partial charge in [-0.25, -0.2) is 0 Å². The van der Waals surface area contributed by atoms with Crippen LogP contribution in [0, 0.1) is 11.3 Å². The summed E-state index contributed by atoms with van der Waals surface area (Å²) >= 11 is 0. The minimum atomic E-state index is -0.375. The third kappa shape index (κ3) is 4.27. The molecule has 0 bridgehead atoms. The van der Waals surface area contributed by atoms with Crippen LogP contribution in [0.1, 0.15) is 59.8 Å². The van der Waals surface area contributed by atoms with Gasteiger partial charge in [-0.05, 0) is 30.6 Å². The van der Waals surface area contributed by atoms with Crippen LogP contribution in [0.15, 0.2) is 0 Å². The zero-order valence-corrected chi connectivity index (χ0v) is 12.5. The number of nitrogens with zero attached hydrogens (tertiary/aromatic N) is 1. The number of hydrogen-bond acceptors (Lipinski definition) is 2. The summed E-state index contributed by atoms with van der Waals surface area (Å²) in [4.78, 5) is 14.4. The van der Waals surface area contributed by atoms with Crippen molar-refractivity contribution in [3.8, 4) is 0 Å². The van der Waals surface area contributed by atoms with Gasteiger partial charge < -0.3 is 10.6 Å². The molecule has 1 saturated heterocycles. The molecule has 18 heavy (non-hydrogen) atoms. The molecule has 1 aliphatic rings. The summed E-state index contributed by atoms with van der Waals surface area (Å²) in [6.45, 7) is 10.1. The average Bonchev–Trinajstić information content (AvgIpc) is 2.52. The van der Waals surface area contributed by atoms with Gasteiger partial charge in [-0.1, -0.05) is 40.5 Å². The van der Waals surface area contributed by atoms with Crippen LogP contribution >= 0.6 is 0 Å². The summed E-state index contributed by atoms with van der Waals surface area (Å²) in [7, 11) is 0. The molecule has 1 amide bonds. The molecule has 1 aliphatic heterocycles. The first-order valence-corrected chi connectivity index (χ1v) is 7.40. The van der Waals surface area contributed by atoms with E-state index in [-0.39, 0.29) is 17.4 Å². The van der Waals surface area contributed by atoms with Gasteiger partial charge in [0.25, 0.3) is 0 Å². The van der Waals surface area contributed by atoms with Gasteiger partial charge in [0, 0.05) is 13.1 Å². The Bertz CT molecular complexity index is 270. The van der Waals surface area contributed by atoms with Gasteiger partial charge in [-0.2, -0.15) is 0 Å². The summed E-state index contributed by atoms with van der Waals surface area (Å²) in [5.74, 6) is 0.943. The molecule has 2 atom stereocenters. The van der Waals surface area contributed by atoms with Crippen molar-refractivity contribution in [1.82, 2.24) is 4.90 Å². The molecule has 0 aliphatic carbocycles. The van der Waals surface area contributed by atoms with Gasteiger partial charge in [0.15, 0.2) is 0 Å². The number of likely N-dealkylation sites (tertiary alicyclic amines) is 1. The molecule has 0 aromatic heterocycles. The smallest absolute Gasteiger partial charge is 0.240 e. The van der Waals surface area contributed by atoms with Crippen molar-refractivity contribution in [1.29, 1.82) is 0 Å². The number of rotatable bonds is 3. The molecule has 1 fully saturated rings. The summed E-state index contributed by atoms with van der Waals surface area (Å²) in [5, 5.41) is 0. The number of amides is 1.